The molecular formula is C21H19Cl2N3O3. The van der Waals surface area contributed by atoms with Crippen molar-refractivity contribution in [2.45, 2.75) is 24.8 Å². The van der Waals surface area contributed by atoms with E-state index in [0.29, 0.717) is 47.8 Å². The number of benzene rings is 2. The lowest BCUT2D eigenvalue weighted by atomic mass is 9.73. The van der Waals surface area contributed by atoms with Gasteiger partial charge in [0.2, 0.25) is 17.6 Å². The third kappa shape index (κ3) is 4.15. The maximum absolute atomic E-state index is 13.2. The maximum Gasteiger partial charge on any atom is 0.246 e. The van der Waals surface area contributed by atoms with E-state index < -0.39 is 5.41 Å². The molecule has 3 aromatic rings. The molecule has 0 bridgehead atoms. The maximum atomic E-state index is 13.2. The summed E-state index contributed by atoms with van der Waals surface area (Å²) in [6.07, 6.45) is 1.12. The fraction of sp³-hybridized carbons (Fsp3) is 0.286. The van der Waals surface area contributed by atoms with Crippen LogP contribution in [0.2, 0.25) is 10.0 Å². The van der Waals surface area contributed by atoms with E-state index in [2.05, 4.69) is 15.5 Å². The summed E-state index contributed by atoms with van der Waals surface area (Å²) < 4.78 is 10.8. The van der Waals surface area contributed by atoms with Crippen LogP contribution in [0.1, 0.15) is 24.3 Å². The first-order valence-electron chi connectivity index (χ1n) is 9.28. The molecule has 4 rings (SSSR count). The summed E-state index contributed by atoms with van der Waals surface area (Å²) in [5.74, 6) is 0.641. The fourth-order valence-electron chi connectivity index (χ4n) is 3.56. The molecule has 0 aliphatic carbocycles. The second-order valence-corrected chi connectivity index (χ2v) is 7.72. The van der Waals surface area contributed by atoms with Crippen molar-refractivity contribution in [3.05, 3.63) is 70.0 Å². The van der Waals surface area contributed by atoms with Crippen LogP contribution in [0.3, 0.4) is 0 Å². The number of nitrogens with one attached hydrogen (secondary N) is 1. The highest BCUT2D eigenvalue weighted by Crippen LogP contribution is 2.39. The van der Waals surface area contributed by atoms with Gasteiger partial charge < -0.3 is 14.6 Å². The van der Waals surface area contributed by atoms with Crippen molar-refractivity contribution < 1.29 is 14.1 Å². The molecule has 150 valence electrons. The average molecular weight is 432 g/mol. The first-order valence-corrected chi connectivity index (χ1v) is 10.0. The third-order valence-corrected chi connectivity index (χ3v) is 5.72. The molecule has 1 saturated heterocycles. The van der Waals surface area contributed by atoms with Crippen molar-refractivity contribution in [2.24, 2.45) is 0 Å². The standard InChI is InChI=1S/C21H19Cl2N3O3/c22-15-7-5-14(6-8-15)19-25-18(29-26-19)13-24-20(27)21(9-11-28-12-10-21)16-3-1-2-4-17(16)23/h1-8H,9-13H2,(H,24,27). The Morgan fingerprint density at radius 3 is 2.52 bits per heavy atom. The van der Waals surface area contributed by atoms with E-state index in [-0.39, 0.29) is 12.5 Å². The monoisotopic (exact) mass is 431 g/mol. The van der Waals surface area contributed by atoms with Crippen LogP contribution in [-0.2, 0) is 21.5 Å². The Morgan fingerprint density at radius 1 is 1.07 bits per heavy atom. The Balaban J connectivity index is 1.50. The van der Waals surface area contributed by atoms with Crippen LogP contribution in [0.25, 0.3) is 11.4 Å². The second kappa shape index (κ2) is 8.53. The van der Waals surface area contributed by atoms with Crippen LogP contribution in [0.15, 0.2) is 53.1 Å². The van der Waals surface area contributed by atoms with Gasteiger partial charge in [-0.3, -0.25) is 4.79 Å². The van der Waals surface area contributed by atoms with Crippen molar-refractivity contribution in [2.75, 3.05) is 13.2 Å². The van der Waals surface area contributed by atoms with Gasteiger partial charge in [0.15, 0.2) is 0 Å². The third-order valence-electron chi connectivity index (χ3n) is 5.14. The summed E-state index contributed by atoms with van der Waals surface area (Å²) in [6, 6.07) is 14.6. The van der Waals surface area contributed by atoms with Gasteiger partial charge in [0.1, 0.15) is 0 Å². The number of rotatable bonds is 5. The average Bonchev–Trinajstić information content (AvgIpc) is 3.22. The molecule has 1 N–H and O–H groups in total. The molecule has 8 heteroatoms. The van der Waals surface area contributed by atoms with Gasteiger partial charge in [0.05, 0.1) is 12.0 Å². The fourth-order valence-corrected chi connectivity index (χ4v) is 4.00. The van der Waals surface area contributed by atoms with Gasteiger partial charge in [-0.1, -0.05) is 46.6 Å². The quantitative estimate of drug-likeness (QED) is 0.647. The zero-order valence-electron chi connectivity index (χ0n) is 15.5. The van der Waals surface area contributed by atoms with Crippen LogP contribution in [-0.4, -0.2) is 29.3 Å². The normalized spacial score (nSPS) is 15.8. The number of aromatic nitrogens is 2. The van der Waals surface area contributed by atoms with Crippen LogP contribution in [0.5, 0.6) is 0 Å². The van der Waals surface area contributed by atoms with Crippen LogP contribution < -0.4 is 5.32 Å². The number of halogens is 2. The summed E-state index contributed by atoms with van der Waals surface area (Å²) >= 11 is 12.3. The summed E-state index contributed by atoms with van der Waals surface area (Å²) in [7, 11) is 0. The number of carbonyl (C=O) groups is 1. The molecule has 1 aliphatic rings. The molecule has 6 nitrogen and oxygen atoms in total. The van der Waals surface area contributed by atoms with Crippen molar-refractivity contribution in [1.29, 1.82) is 0 Å². The van der Waals surface area contributed by atoms with Gasteiger partial charge >= 0.3 is 0 Å². The Kier molecular flexibility index (Phi) is 5.85. The van der Waals surface area contributed by atoms with Gasteiger partial charge in [0, 0.05) is 28.8 Å². The number of amides is 1. The Morgan fingerprint density at radius 2 is 1.79 bits per heavy atom. The molecule has 0 atom stereocenters. The second-order valence-electron chi connectivity index (χ2n) is 6.88. The molecule has 0 radical (unpaired) electrons. The van der Waals surface area contributed by atoms with Crippen LogP contribution in [0, 0.1) is 0 Å². The predicted molar refractivity (Wildman–Crippen MR) is 110 cm³/mol. The van der Waals surface area contributed by atoms with Gasteiger partial charge in [-0.15, -0.1) is 0 Å². The highest BCUT2D eigenvalue weighted by Gasteiger charge is 2.42. The van der Waals surface area contributed by atoms with Crippen molar-refractivity contribution in [3.8, 4) is 11.4 Å². The van der Waals surface area contributed by atoms with Crippen LogP contribution >= 0.6 is 23.2 Å². The highest BCUT2D eigenvalue weighted by molar-refractivity contribution is 6.31. The van der Waals surface area contributed by atoms with E-state index in [4.69, 9.17) is 32.5 Å². The largest absolute Gasteiger partial charge is 0.381 e. The smallest absolute Gasteiger partial charge is 0.246 e. The van der Waals surface area contributed by atoms with E-state index in [1.165, 1.54) is 0 Å². The molecule has 0 unspecified atom stereocenters. The number of ether oxygens (including phenoxy) is 1. The molecule has 1 aliphatic heterocycles. The Labute approximate surface area is 178 Å². The van der Waals surface area contributed by atoms with Gasteiger partial charge in [0.25, 0.3) is 0 Å². The summed E-state index contributed by atoms with van der Waals surface area (Å²) in [4.78, 5) is 17.6. The lowest BCUT2D eigenvalue weighted by Gasteiger charge is -2.36. The minimum atomic E-state index is -0.740. The van der Waals surface area contributed by atoms with E-state index in [0.717, 1.165) is 11.1 Å². The van der Waals surface area contributed by atoms with Crippen molar-refractivity contribution in [3.63, 3.8) is 0 Å². The van der Waals surface area contributed by atoms with Gasteiger partial charge in [-0.05, 0) is 48.7 Å². The molecule has 1 amide bonds. The highest BCUT2D eigenvalue weighted by atomic mass is 35.5. The molecule has 0 spiro atoms. The number of hydrogen-bond acceptors (Lipinski definition) is 5. The molecule has 29 heavy (non-hydrogen) atoms. The van der Waals surface area contributed by atoms with E-state index in [1.807, 2.05) is 30.3 Å². The minimum Gasteiger partial charge on any atom is -0.381 e. The number of hydrogen-bond donors (Lipinski definition) is 1. The van der Waals surface area contributed by atoms with E-state index >= 15 is 0 Å². The molecule has 0 saturated carbocycles. The zero-order chi connectivity index (χ0) is 20.3. The topological polar surface area (TPSA) is 77.3 Å². The van der Waals surface area contributed by atoms with Crippen molar-refractivity contribution in [1.82, 2.24) is 15.5 Å². The first kappa shape index (κ1) is 19.9. The summed E-state index contributed by atoms with van der Waals surface area (Å²) in [5, 5.41) is 8.12. The van der Waals surface area contributed by atoms with Crippen LogP contribution in [0.4, 0.5) is 0 Å². The van der Waals surface area contributed by atoms with Gasteiger partial charge in [-0.2, -0.15) is 4.98 Å². The molecule has 2 heterocycles. The van der Waals surface area contributed by atoms with Crippen molar-refractivity contribution >= 4 is 29.1 Å². The summed E-state index contributed by atoms with van der Waals surface area (Å²) in [5.41, 5.74) is 0.859. The van der Waals surface area contributed by atoms with E-state index in [9.17, 15) is 4.79 Å². The molecular weight excluding hydrogens is 413 g/mol. The molecule has 2 aromatic carbocycles. The van der Waals surface area contributed by atoms with Gasteiger partial charge in [-0.25, -0.2) is 0 Å². The first-order chi connectivity index (χ1) is 14.1. The Bertz CT molecular complexity index is 998. The SMILES string of the molecule is O=C(NCc1nc(-c2ccc(Cl)cc2)no1)C1(c2ccccc2Cl)CCOCC1. The molecule has 1 fully saturated rings. The lowest BCUT2D eigenvalue weighted by molar-refractivity contribution is -0.130. The lowest BCUT2D eigenvalue weighted by Crippen LogP contribution is -2.48. The zero-order valence-corrected chi connectivity index (χ0v) is 17.0. The predicted octanol–water partition coefficient (Wildman–Crippen LogP) is 4.41. The van der Waals surface area contributed by atoms with E-state index in [1.54, 1.807) is 18.2 Å². The molecule has 1 aromatic heterocycles. The Hall–Kier alpha value is -2.41. The summed E-state index contributed by atoms with van der Waals surface area (Å²) in [6.45, 7) is 1.13. The minimum absolute atomic E-state index is 0.125. The number of nitrogens with zero attached hydrogens (tertiary/aromatic N) is 2. The number of carbonyl (C=O) groups excluding carboxylic acids is 1.